The summed E-state index contributed by atoms with van der Waals surface area (Å²) in [6.07, 6.45) is -1.41. The van der Waals surface area contributed by atoms with Crippen LogP contribution in [0, 0.1) is 0 Å². The zero-order valence-electron chi connectivity index (χ0n) is 9.38. The highest BCUT2D eigenvalue weighted by Crippen LogP contribution is 2.28. The van der Waals surface area contributed by atoms with Crippen molar-refractivity contribution in [3.63, 3.8) is 0 Å². The van der Waals surface area contributed by atoms with Gasteiger partial charge in [0.2, 0.25) is 0 Å². The van der Waals surface area contributed by atoms with Crippen LogP contribution in [0.3, 0.4) is 0 Å². The van der Waals surface area contributed by atoms with Crippen molar-refractivity contribution in [2.24, 2.45) is 0 Å². The van der Waals surface area contributed by atoms with Crippen LogP contribution >= 0.6 is 0 Å². The molecular weight excluding hydrogens is 219 g/mol. The summed E-state index contributed by atoms with van der Waals surface area (Å²) in [5.41, 5.74) is -0.699. The lowest BCUT2D eigenvalue weighted by Crippen LogP contribution is -2.24. The van der Waals surface area contributed by atoms with Crippen LogP contribution in [0.2, 0.25) is 0 Å². The minimum absolute atomic E-state index is 0.0809. The number of aromatic nitrogens is 2. The molecule has 16 heavy (non-hydrogen) atoms. The van der Waals surface area contributed by atoms with Gasteiger partial charge in [-0.3, -0.25) is 4.68 Å². The van der Waals surface area contributed by atoms with Gasteiger partial charge < -0.3 is 5.32 Å². The third-order valence-electron chi connectivity index (χ3n) is 2.25. The van der Waals surface area contributed by atoms with E-state index in [0.717, 1.165) is 25.4 Å². The van der Waals surface area contributed by atoms with E-state index in [4.69, 9.17) is 0 Å². The molecule has 1 rings (SSSR count). The van der Waals surface area contributed by atoms with Gasteiger partial charge in [0.1, 0.15) is 0 Å². The molecule has 6 heteroatoms. The molecular formula is C10H16F3N3. The van der Waals surface area contributed by atoms with Gasteiger partial charge in [-0.2, -0.15) is 18.3 Å². The van der Waals surface area contributed by atoms with E-state index in [1.165, 1.54) is 4.68 Å². The molecule has 1 aromatic rings. The Kier molecular flexibility index (Phi) is 4.35. The van der Waals surface area contributed by atoms with E-state index in [1.807, 2.05) is 13.8 Å². The van der Waals surface area contributed by atoms with Crippen LogP contribution in [-0.4, -0.2) is 22.9 Å². The van der Waals surface area contributed by atoms with Crippen LogP contribution in [0.1, 0.15) is 31.9 Å². The van der Waals surface area contributed by atoms with Crippen LogP contribution in [0.15, 0.2) is 12.4 Å². The summed E-state index contributed by atoms with van der Waals surface area (Å²) in [6, 6.07) is -0.0809. The molecule has 1 unspecified atom stereocenters. The summed E-state index contributed by atoms with van der Waals surface area (Å²) in [5, 5.41) is 6.86. The fraction of sp³-hybridized carbons (Fsp3) is 0.700. The van der Waals surface area contributed by atoms with E-state index in [1.54, 1.807) is 0 Å². The molecule has 0 bridgehead atoms. The van der Waals surface area contributed by atoms with Gasteiger partial charge in [0.15, 0.2) is 0 Å². The van der Waals surface area contributed by atoms with Crippen LogP contribution < -0.4 is 5.32 Å². The number of hydrogen-bond acceptors (Lipinski definition) is 2. The molecule has 0 aliphatic rings. The van der Waals surface area contributed by atoms with Gasteiger partial charge in [0, 0.05) is 12.7 Å². The normalized spacial score (nSPS) is 14.1. The Hall–Kier alpha value is -1.04. The maximum Gasteiger partial charge on any atom is 0.419 e. The molecule has 0 saturated heterocycles. The highest BCUT2D eigenvalue weighted by molar-refractivity contribution is 5.08. The van der Waals surface area contributed by atoms with Crippen LogP contribution in [-0.2, 0) is 6.18 Å². The Balaban J connectivity index is 2.56. The van der Waals surface area contributed by atoms with Crippen molar-refractivity contribution >= 4 is 0 Å². The maximum absolute atomic E-state index is 12.3. The number of halogens is 3. The molecule has 1 aromatic heterocycles. The molecule has 92 valence electrons. The Morgan fingerprint density at radius 1 is 1.50 bits per heavy atom. The van der Waals surface area contributed by atoms with E-state index < -0.39 is 11.7 Å². The smallest absolute Gasteiger partial charge is 0.315 e. The summed E-state index contributed by atoms with van der Waals surface area (Å²) in [5.74, 6) is 0. The molecule has 0 aliphatic carbocycles. The molecule has 0 saturated carbocycles. The molecule has 0 aliphatic heterocycles. The van der Waals surface area contributed by atoms with E-state index >= 15 is 0 Å². The quantitative estimate of drug-likeness (QED) is 0.794. The van der Waals surface area contributed by atoms with Crippen LogP contribution in [0.5, 0.6) is 0 Å². The van der Waals surface area contributed by atoms with Gasteiger partial charge in [-0.15, -0.1) is 0 Å². The lowest BCUT2D eigenvalue weighted by molar-refractivity contribution is -0.137. The summed E-state index contributed by atoms with van der Waals surface area (Å²) < 4.78 is 38.2. The van der Waals surface area contributed by atoms with Gasteiger partial charge in [-0.1, -0.05) is 6.92 Å². The Bertz CT molecular complexity index is 319. The predicted molar refractivity (Wildman–Crippen MR) is 55.1 cm³/mol. The van der Waals surface area contributed by atoms with E-state index in [-0.39, 0.29) is 6.04 Å². The zero-order valence-corrected chi connectivity index (χ0v) is 9.38. The van der Waals surface area contributed by atoms with Crippen molar-refractivity contribution in [3.8, 4) is 0 Å². The number of alkyl halides is 3. The molecule has 0 fully saturated rings. The number of nitrogens with one attached hydrogen (secondary N) is 1. The molecule has 3 nitrogen and oxygen atoms in total. The second kappa shape index (κ2) is 5.34. The molecule has 0 amide bonds. The largest absolute Gasteiger partial charge is 0.419 e. The first kappa shape index (κ1) is 13.0. The van der Waals surface area contributed by atoms with Gasteiger partial charge in [-0.25, -0.2) is 0 Å². The summed E-state index contributed by atoms with van der Waals surface area (Å²) in [4.78, 5) is 0. The van der Waals surface area contributed by atoms with Crippen molar-refractivity contribution in [3.05, 3.63) is 18.0 Å². The average molecular weight is 235 g/mol. The fourth-order valence-corrected chi connectivity index (χ4v) is 1.31. The number of nitrogens with zero attached hydrogens (tertiary/aromatic N) is 2. The van der Waals surface area contributed by atoms with Gasteiger partial charge in [0.05, 0.1) is 17.8 Å². The molecule has 0 spiro atoms. The first-order valence-corrected chi connectivity index (χ1v) is 5.27. The third kappa shape index (κ3) is 3.52. The van der Waals surface area contributed by atoms with Gasteiger partial charge in [0.25, 0.3) is 0 Å². The monoisotopic (exact) mass is 235 g/mol. The highest BCUT2D eigenvalue weighted by atomic mass is 19.4. The second-order valence-corrected chi connectivity index (χ2v) is 3.76. The average Bonchev–Trinajstić information content (AvgIpc) is 2.66. The minimum Gasteiger partial charge on any atom is -0.315 e. The van der Waals surface area contributed by atoms with E-state index in [9.17, 15) is 13.2 Å². The Morgan fingerprint density at radius 2 is 2.19 bits per heavy atom. The van der Waals surface area contributed by atoms with Crippen molar-refractivity contribution in [2.75, 3.05) is 13.1 Å². The highest BCUT2D eigenvalue weighted by Gasteiger charge is 2.32. The molecule has 1 heterocycles. The zero-order chi connectivity index (χ0) is 12.2. The van der Waals surface area contributed by atoms with Crippen molar-refractivity contribution in [2.45, 2.75) is 32.5 Å². The molecule has 0 aromatic carbocycles. The lowest BCUT2D eigenvalue weighted by atomic mass is 10.3. The summed E-state index contributed by atoms with van der Waals surface area (Å²) in [6.45, 7) is 5.34. The van der Waals surface area contributed by atoms with Gasteiger partial charge >= 0.3 is 6.18 Å². The maximum atomic E-state index is 12.3. The molecule has 0 radical (unpaired) electrons. The summed E-state index contributed by atoms with van der Waals surface area (Å²) >= 11 is 0. The standard InChI is InChI=1S/C10H16F3N3/c1-3-4-14-5-8(2)16-7-9(6-15-16)10(11,12)13/h6-8,14H,3-5H2,1-2H3. The summed E-state index contributed by atoms with van der Waals surface area (Å²) in [7, 11) is 0. The number of rotatable bonds is 5. The van der Waals surface area contributed by atoms with Crippen LogP contribution in [0.25, 0.3) is 0 Å². The molecule has 1 N–H and O–H groups in total. The Morgan fingerprint density at radius 3 is 2.69 bits per heavy atom. The van der Waals surface area contributed by atoms with E-state index in [2.05, 4.69) is 10.4 Å². The number of hydrogen-bond donors (Lipinski definition) is 1. The predicted octanol–water partition coefficient (Wildman–Crippen LogP) is 2.46. The van der Waals surface area contributed by atoms with Crippen molar-refractivity contribution < 1.29 is 13.2 Å². The minimum atomic E-state index is -4.31. The van der Waals surface area contributed by atoms with Crippen LogP contribution in [0.4, 0.5) is 13.2 Å². The lowest BCUT2D eigenvalue weighted by Gasteiger charge is -2.12. The molecule has 1 atom stereocenters. The van der Waals surface area contributed by atoms with Gasteiger partial charge in [-0.05, 0) is 19.9 Å². The SMILES string of the molecule is CCCNCC(C)n1cc(C(F)(F)F)cn1. The first-order chi connectivity index (χ1) is 7.45. The third-order valence-corrected chi connectivity index (χ3v) is 2.25. The second-order valence-electron chi connectivity index (χ2n) is 3.76. The fourth-order valence-electron chi connectivity index (χ4n) is 1.31. The first-order valence-electron chi connectivity index (χ1n) is 5.27. The topological polar surface area (TPSA) is 29.9 Å². The Labute approximate surface area is 92.6 Å². The van der Waals surface area contributed by atoms with Crippen molar-refractivity contribution in [1.29, 1.82) is 0 Å². The van der Waals surface area contributed by atoms with E-state index in [0.29, 0.717) is 6.54 Å². The van der Waals surface area contributed by atoms with Crippen molar-refractivity contribution in [1.82, 2.24) is 15.1 Å².